The normalized spacial score (nSPS) is 11.0. The van der Waals surface area contributed by atoms with Crippen LogP contribution < -0.4 is 0 Å². The van der Waals surface area contributed by atoms with Gasteiger partial charge in [0.05, 0.1) is 6.26 Å². The van der Waals surface area contributed by atoms with E-state index in [1.165, 1.54) is 6.08 Å². The van der Waals surface area contributed by atoms with Crippen LogP contribution in [0.5, 0.6) is 0 Å². The van der Waals surface area contributed by atoms with Gasteiger partial charge in [-0.2, -0.15) is 0 Å². The Balaban J connectivity index is 1.68. The van der Waals surface area contributed by atoms with Gasteiger partial charge in [0.2, 0.25) is 0 Å². The minimum absolute atomic E-state index is 0.253. The highest BCUT2D eigenvalue weighted by molar-refractivity contribution is 5.88. The van der Waals surface area contributed by atoms with Crippen LogP contribution in [0, 0.1) is 0 Å². The van der Waals surface area contributed by atoms with Crippen LogP contribution in [0.3, 0.4) is 0 Å². The number of esters is 1. The van der Waals surface area contributed by atoms with Gasteiger partial charge in [0.15, 0.2) is 0 Å². The van der Waals surface area contributed by atoms with Crippen molar-refractivity contribution in [2.24, 2.45) is 0 Å². The Bertz CT molecular complexity index is 765. The third-order valence-electron chi connectivity index (χ3n) is 3.18. The summed E-state index contributed by atoms with van der Waals surface area (Å²) in [6.45, 7) is 0.253. The highest BCUT2D eigenvalue weighted by Crippen LogP contribution is 2.19. The van der Waals surface area contributed by atoms with Gasteiger partial charge in [-0.1, -0.05) is 42.5 Å². The van der Waals surface area contributed by atoms with Gasteiger partial charge in [0, 0.05) is 6.08 Å². The van der Waals surface area contributed by atoms with Crippen molar-refractivity contribution >= 4 is 22.8 Å². The van der Waals surface area contributed by atoms with Crippen LogP contribution in [-0.2, 0) is 16.1 Å². The third-order valence-corrected chi connectivity index (χ3v) is 3.18. The molecule has 0 fully saturated rings. The van der Waals surface area contributed by atoms with E-state index in [0.717, 1.165) is 16.3 Å². The minimum atomic E-state index is -0.390. The van der Waals surface area contributed by atoms with E-state index in [9.17, 15) is 4.79 Å². The van der Waals surface area contributed by atoms with E-state index in [-0.39, 0.29) is 12.6 Å². The van der Waals surface area contributed by atoms with Crippen molar-refractivity contribution < 1.29 is 13.9 Å². The molecule has 0 saturated heterocycles. The van der Waals surface area contributed by atoms with E-state index in [0.29, 0.717) is 5.76 Å². The molecule has 3 nitrogen and oxygen atoms in total. The number of carbonyl (C=O) groups is 1. The second kappa shape index (κ2) is 6.09. The largest absolute Gasteiger partial charge is 0.465 e. The molecule has 3 aromatic rings. The molecule has 3 rings (SSSR count). The summed E-state index contributed by atoms with van der Waals surface area (Å²) in [5.74, 6) is 0.233. The molecule has 3 heteroatoms. The SMILES string of the molecule is O=C(/C=C/c1ccco1)OCc1cccc2ccccc12. The molecule has 104 valence electrons. The smallest absolute Gasteiger partial charge is 0.331 e. The molecule has 0 aliphatic rings. The molecule has 1 heterocycles. The first kappa shape index (κ1) is 13.2. The maximum absolute atomic E-state index is 11.7. The fourth-order valence-corrected chi connectivity index (χ4v) is 2.15. The quantitative estimate of drug-likeness (QED) is 0.530. The topological polar surface area (TPSA) is 39.4 Å². The van der Waals surface area contributed by atoms with Gasteiger partial charge >= 0.3 is 5.97 Å². The average Bonchev–Trinajstić information content (AvgIpc) is 3.04. The highest BCUT2D eigenvalue weighted by Gasteiger charge is 2.03. The third kappa shape index (κ3) is 3.20. The summed E-state index contributed by atoms with van der Waals surface area (Å²) in [5, 5.41) is 2.24. The Kier molecular flexibility index (Phi) is 3.83. The number of benzene rings is 2. The zero-order valence-electron chi connectivity index (χ0n) is 11.4. The van der Waals surface area contributed by atoms with Crippen LogP contribution in [-0.4, -0.2) is 5.97 Å². The number of rotatable bonds is 4. The lowest BCUT2D eigenvalue weighted by atomic mass is 10.1. The van der Waals surface area contributed by atoms with Crippen LogP contribution in [0.25, 0.3) is 16.8 Å². The molecular weight excluding hydrogens is 264 g/mol. The van der Waals surface area contributed by atoms with Crippen molar-refractivity contribution in [3.63, 3.8) is 0 Å². The molecule has 21 heavy (non-hydrogen) atoms. The van der Waals surface area contributed by atoms with Gasteiger partial charge in [-0.3, -0.25) is 0 Å². The number of hydrogen-bond acceptors (Lipinski definition) is 3. The van der Waals surface area contributed by atoms with Gasteiger partial charge in [0.1, 0.15) is 12.4 Å². The first-order chi connectivity index (χ1) is 10.3. The fraction of sp³-hybridized carbons (Fsp3) is 0.0556. The molecule has 0 amide bonds. The summed E-state index contributed by atoms with van der Waals surface area (Å²) in [7, 11) is 0. The molecule has 0 aliphatic carbocycles. The molecule has 0 saturated carbocycles. The predicted molar refractivity (Wildman–Crippen MR) is 81.5 cm³/mol. The first-order valence-corrected chi connectivity index (χ1v) is 6.68. The van der Waals surface area contributed by atoms with Crippen LogP contribution in [0.4, 0.5) is 0 Å². The van der Waals surface area contributed by atoms with Gasteiger partial charge in [-0.25, -0.2) is 4.79 Å². The maximum atomic E-state index is 11.7. The standard InChI is InChI=1S/C18H14O3/c19-18(11-10-16-8-4-12-20-16)21-13-15-7-3-6-14-5-1-2-9-17(14)15/h1-12H,13H2/b11-10+. The van der Waals surface area contributed by atoms with E-state index in [4.69, 9.17) is 9.15 Å². The monoisotopic (exact) mass is 278 g/mol. The van der Waals surface area contributed by atoms with Crippen molar-refractivity contribution in [1.29, 1.82) is 0 Å². The summed E-state index contributed by atoms with van der Waals surface area (Å²) in [6, 6.07) is 17.5. The maximum Gasteiger partial charge on any atom is 0.331 e. The average molecular weight is 278 g/mol. The number of fused-ring (bicyclic) bond motifs is 1. The van der Waals surface area contributed by atoms with Gasteiger partial charge in [0.25, 0.3) is 0 Å². The molecule has 0 radical (unpaired) electrons. The Morgan fingerprint density at radius 3 is 2.76 bits per heavy atom. The number of furan rings is 1. The zero-order chi connectivity index (χ0) is 14.5. The lowest BCUT2D eigenvalue weighted by Gasteiger charge is -2.06. The van der Waals surface area contributed by atoms with Crippen molar-refractivity contribution in [1.82, 2.24) is 0 Å². The fourth-order valence-electron chi connectivity index (χ4n) is 2.15. The van der Waals surface area contributed by atoms with Crippen molar-refractivity contribution in [3.8, 4) is 0 Å². The summed E-state index contributed by atoms with van der Waals surface area (Å²) < 4.78 is 10.4. The van der Waals surface area contributed by atoms with Crippen LogP contribution in [0.1, 0.15) is 11.3 Å². The molecule has 0 N–H and O–H groups in total. The summed E-state index contributed by atoms with van der Waals surface area (Å²) >= 11 is 0. The highest BCUT2D eigenvalue weighted by atomic mass is 16.5. The van der Waals surface area contributed by atoms with Gasteiger partial charge in [-0.05, 0) is 34.5 Å². The van der Waals surface area contributed by atoms with Crippen LogP contribution >= 0.6 is 0 Å². The van der Waals surface area contributed by atoms with E-state index in [2.05, 4.69) is 0 Å². The van der Waals surface area contributed by atoms with Crippen LogP contribution in [0.2, 0.25) is 0 Å². The lowest BCUT2D eigenvalue weighted by molar-refractivity contribution is -0.138. The van der Waals surface area contributed by atoms with Gasteiger partial charge < -0.3 is 9.15 Å². The Hall–Kier alpha value is -2.81. The number of ether oxygens (including phenoxy) is 1. The zero-order valence-corrected chi connectivity index (χ0v) is 11.4. The van der Waals surface area contributed by atoms with Crippen LogP contribution in [0.15, 0.2) is 71.4 Å². The predicted octanol–water partition coefficient (Wildman–Crippen LogP) is 4.19. The number of carbonyl (C=O) groups excluding carboxylic acids is 1. The summed E-state index contributed by atoms with van der Waals surface area (Å²) in [6.07, 6.45) is 4.51. The summed E-state index contributed by atoms with van der Waals surface area (Å²) in [4.78, 5) is 11.7. The molecule has 0 atom stereocenters. The van der Waals surface area contributed by atoms with Crippen molar-refractivity contribution in [2.75, 3.05) is 0 Å². The van der Waals surface area contributed by atoms with E-state index >= 15 is 0 Å². The number of hydrogen-bond donors (Lipinski definition) is 0. The molecule has 0 bridgehead atoms. The van der Waals surface area contributed by atoms with E-state index in [1.54, 1.807) is 24.5 Å². The van der Waals surface area contributed by atoms with Gasteiger partial charge in [-0.15, -0.1) is 0 Å². The Labute approximate surface area is 122 Å². The molecule has 0 spiro atoms. The first-order valence-electron chi connectivity index (χ1n) is 6.68. The Morgan fingerprint density at radius 1 is 1.05 bits per heavy atom. The molecule has 0 aliphatic heterocycles. The second-order valence-corrected chi connectivity index (χ2v) is 4.59. The summed E-state index contributed by atoms with van der Waals surface area (Å²) in [5.41, 5.74) is 0.993. The molecular formula is C18H14O3. The molecule has 0 unspecified atom stereocenters. The lowest BCUT2D eigenvalue weighted by Crippen LogP contribution is -2.01. The Morgan fingerprint density at radius 2 is 1.90 bits per heavy atom. The van der Waals surface area contributed by atoms with E-state index < -0.39 is 0 Å². The second-order valence-electron chi connectivity index (χ2n) is 4.59. The van der Waals surface area contributed by atoms with Crippen molar-refractivity contribution in [3.05, 3.63) is 78.3 Å². The molecule has 1 aromatic heterocycles. The van der Waals surface area contributed by atoms with E-state index in [1.807, 2.05) is 42.5 Å². The minimum Gasteiger partial charge on any atom is -0.465 e. The van der Waals surface area contributed by atoms with Crippen molar-refractivity contribution in [2.45, 2.75) is 6.61 Å². The molecule has 2 aromatic carbocycles.